The number of hydrogen-bond donors (Lipinski definition) is 3. The normalized spacial score (nSPS) is 28.9. The molecule has 1 aromatic heterocycles. The summed E-state index contributed by atoms with van der Waals surface area (Å²) in [6.45, 7) is 0.749. The van der Waals surface area contributed by atoms with Gasteiger partial charge in [0.05, 0.1) is 17.9 Å². The predicted molar refractivity (Wildman–Crippen MR) is 63.2 cm³/mol. The molecule has 1 spiro atoms. The van der Waals surface area contributed by atoms with Gasteiger partial charge in [-0.3, -0.25) is 5.10 Å². The fourth-order valence-electron chi connectivity index (χ4n) is 3.05. The van der Waals surface area contributed by atoms with Crippen molar-refractivity contribution < 1.29 is 9.84 Å². The number of aliphatic hydroxyl groups is 1. The molecule has 2 atom stereocenters. The maximum atomic E-state index is 10.4. The molecule has 1 aromatic rings. The first-order valence-electron chi connectivity index (χ1n) is 6.31. The van der Waals surface area contributed by atoms with Crippen molar-refractivity contribution in [3.8, 4) is 0 Å². The van der Waals surface area contributed by atoms with E-state index in [1.165, 1.54) is 6.42 Å². The summed E-state index contributed by atoms with van der Waals surface area (Å²) in [4.78, 5) is 0. The molecule has 3 rings (SSSR count). The lowest BCUT2D eigenvalue weighted by molar-refractivity contribution is -0.157. The summed E-state index contributed by atoms with van der Waals surface area (Å²) >= 11 is 0. The van der Waals surface area contributed by atoms with Crippen LogP contribution in [0.1, 0.15) is 43.8 Å². The van der Waals surface area contributed by atoms with Crippen LogP contribution in [0.2, 0.25) is 0 Å². The number of nitrogens with zero attached hydrogens (tertiary/aromatic N) is 1. The average molecular weight is 237 g/mol. The highest BCUT2D eigenvalue weighted by atomic mass is 16.5. The standard InChI is InChI=1S/C12H19N3O2/c13-11-9(7-14-15-11)10(16)8-2-5-17-12(6-8)3-1-4-12/h7-8,10,16H,1-6H2,(H3,13,14,15). The Bertz CT molecular complexity index is 400. The molecule has 4 N–H and O–H groups in total. The van der Waals surface area contributed by atoms with Gasteiger partial charge in [-0.2, -0.15) is 5.10 Å². The second kappa shape index (κ2) is 3.99. The van der Waals surface area contributed by atoms with E-state index in [1.807, 2.05) is 0 Å². The number of ether oxygens (including phenoxy) is 1. The van der Waals surface area contributed by atoms with E-state index in [-0.39, 0.29) is 11.5 Å². The van der Waals surface area contributed by atoms with Gasteiger partial charge in [-0.15, -0.1) is 0 Å². The van der Waals surface area contributed by atoms with Crippen molar-refractivity contribution in [2.24, 2.45) is 5.92 Å². The van der Waals surface area contributed by atoms with Gasteiger partial charge in [0, 0.05) is 12.2 Å². The molecule has 17 heavy (non-hydrogen) atoms. The summed E-state index contributed by atoms with van der Waals surface area (Å²) in [6, 6.07) is 0. The summed E-state index contributed by atoms with van der Waals surface area (Å²) in [5.74, 6) is 0.718. The number of nitrogens with two attached hydrogens (primary N) is 1. The van der Waals surface area contributed by atoms with Gasteiger partial charge in [-0.1, -0.05) is 0 Å². The van der Waals surface area contributed by atoms with Gasteiger partial charge >= 0.3 is 0 Å². The highest BCUT2D eigenvalue weighted by Gasteiger charge is 2.44. The predicted octanol–water partition coefficient (Wildman–Crippen LogP) is 1.37. The zero-order valence-electron chi connectivity index (χ0n) is 9.85. The van der Waals surface area contributed by atoms with Crippen molar-refractivity contribution in [3.63, 3.8) is 0 Å². The Labute approximate surface area is 100 Å². The number of hydrogen-bond acceptors (Lipinski definition) is 4. The Hall–Kier alpha value is -1.07. The van der Waals surface area contributed by atoms with Gasteiger partial charge in [-0.25, -0.2) is 0 Å². The van der Waals surface area contributed by atoms with Crippen LogP contribution in [0.4, 0.5) is 5.82 Å². The molecule has 1 saturated carbocycles. The monoisotopic (exact) mass is 237 g/mol. The average Bonchev–Trinajstić information content (AvgIpc) is 2.73. The van der Waals surface area contributed by atoms with Crippen LogP contribution in [0.3, 0.4) is 0 Å². The van der Waals surface area contributed by atoms with Crippen molar-refractivity contribution in [2.45, 2.75) is 43.8 Å². The van der Waals surface area contributed by atoms with Crippen molar-refractivity contribution in [3.05, 3.63) is 11.8 Å². The molecule has 5 heteroatoms. The van der Waals surface area contributed by atoms with Crippen molar-refractivity contribution >= 4 is 5.82 Å². The summed E-state index contributed by atoms with van der Waals surface area (Å²) in [5.41, 5.74) is 6.54. The molecule has 0 bridgehead atoms. The SMILES string of the molecule is Nc1[nH]ncc1C(O)C1CCOC2(CCC2)C1. The molecule has 94 valence electrons. The lowest BCUT2D eigenvalue weighted by atomic mass is 9.70. The van der Waals surface area contributed by atoms with Crippen LogP contribution in [-0.2, 0) is 4.74 Å². The van der Waals surface area contributed by atoms with E-state index < -0.39 is 6.10 Å². The molecule has 2 aliphatic rings. The second-order valence-electron chi connectivity index (χ2n) is 5.32. The van der Waals surface area contributed by atoms with Gasteiger partial charge in [0.25, 0.3) is 0 Å². The minimum absolute atomic E-state index is 0.0579. The first-order valence-corrected chi connectivity index (χ1v) is 6.31. The van der Waals surface area contributed by atoms with E-state index in [4.69, 9.17) is 10.5 Å². The zero-order chi connectivity index (χ0) is 11.9. The number of rotatable bonds is 2. The first-order chi connectivity index (χ1) is 8.20. The van der Waals surface area contributed by atoms with E-state index in [2.05, 4.69) is 10.2 Å². The molecule has 1 saturated heterocycles. The van der Waals surface area contributed by atoms with Crippen LogP contribution in [0.15, 0.2) is 6.20 Å². The lowest BCUT2D eigenvalue weighted by Gasteiger charge is -2.48. The van der Waals surface area contributed by atoms with Crippen LogP contribution >= 0.6 is 0 Å². The largest absolute Gasteiger partial charge is 0.388 e. The number of aliphatic hydroxyl groups excluding tert-OH is 1. The Kier molecular flexibility index (Phi) is 2.60. The molecule has 1 aliphatic heterocycles. The number of nitrogen functional groups attached to an aromatic ring is 1. The van der Waals surface area contributed by atoms with Crippen molar-refractivity contribution in [1.29, 1.82) is 0 Å². The maximum Gasteiger partial charge on any atom is 0.124 e. The maximum absolute atomic E-state index is 10.4. The minimum atomic E-state index is -0.518. The van der Waals surface area contributed by atoms with Crippen molar-refractivity contribution in [2.75, 3.05) is 12.3 Å². The molecule has 0 amide bonds. The van der Waals surface area contributed by atoms with Crippen molar-refractivity contribution in [1.82, 2.24) is 10.2 Å². The lowest BCUT2D eigenvalue weighted by Crippen LogP contribution is -2.46. The molecule has 2 fully saturated rings. The number of anilines is 1. The minimum Gasteiger partial charge on any atom is -0.388 e. The third-order valence-electron chi connectivity index (χ3n) is 4.26. The molecule has 5 nitrogen and oxygen atoms in total. The quantitative estimate of drug-likeness (QED) is 0.725. The third kappa shape index (κ3) is 1.83. The number of aromatic nitrogens is 2. The molecule has 0 radical (unpaired) electrons. The Balaban J connectivity index is 1.73. The van der Waals surface area contributed by atoms with Gasteiger partial charge < -0.3 is 15.6 Å². The summed E-state index contributed by atoms with van der Waals surface area (Å²) < 4.78 is 5.86. The number of H-pyrrole nitrogens is 1. The van der Waals surface area contributed by atoms with Crippen LogP contribution in [-0.4, -0.2) is 27.5 Å². The third-order valence-corrected chi connectivity index (χ3v) is 4.26. The van der Waals surface area contributed by atoms with E-state index in [0.717, 1.165) is 37.9 Å². The Morgan fingerprint density at radius 1 is 1.59 bits per heavy atom. The topological polar surface area (TPSA) is 84.2 Å². The van der Waals surface area contributed by atoms with E-state index in [1.54, 1.807) is 6.20 Å². The Morgan fingerprint density at radius 3 is 3.00 bits per heavy atom. The highest BCUT2D eigenvalue weighted by Crippen LogP contribution is 2.47. The summed E-state index contributed by atoms with van der Waals surface area (Å²) in [6.07, 6.45) is 6.47. The molecule has 0 aromatic carbocycles. The van der Waals surface area contributed by atoms with Crippen LogP contribution < -0.4 is 5.73 Å². The smallest absolute Gasteiger partial charge is 0.124 e. The van der Waals surface area contributed by atoms with E-state index in [9.17, 15) is 5.11 Å². The second-order valence-corrected chi connectivity index (χ2v) is 5.32. The first kappa shape index (κ1) is 11.0. The molecule has 2 unspecified atom stereocenters. The molecular weight excluding hydrogens is 218 g/mol. The number of nitrogens with one attached hydrogen (secondary N) is 1. The molecule has 1 aliphatic carbocycles. The van der Waals surface area contributed by atoms with E-state index >= 15 is 0 Å². The highest BCUT2D eigenvalue weighted by molar-refractivity contribution is 5.38. The summed E-state index contributed by atoms with van der Waals surface area (Å²) in [7, 11) is 0. The van der Waals surface area contributed by atoms with Gasteiger partial charge in [0.2, 0.25) is 0 Å². The van der Waals surface area contributed by atoms with Gasteiger partial charge in [0.1, 0.15) is 5.82 Å². The van der Waals surface area contributed by atoms with E-state index in [0.29, 0.717) is 5.82 Å². The fraction of sp³-hybridized carbons (Fsp3) is 0.750. The molecule has 2 heterocycles. The zero-order valence-corrected chi connectivity index (χ0v) is 9.85. The van der Waals surface area contributed by atoms with Crippen LogP contribution in [0.25, 0.3) is 0 Å². The van der Waals surface area contributed by atoms with Gasteiger partial charge in [-0.05, 0) is 38.0 Å². The fourth-order valence-corrected chi connectivity index (χ4v) is 3.05. The van der Waals surface area contributed by atoms with Gasteiger partial charge in [0.15, 0.2) is 0 Å². The van der Waals surface area contributed by atoms with Crippen LogP contribution in [0.5, 0.6) is 0 Å². The van der Waals surface area contributed by atoms with Crippen LogP contribution in [0, 0.1) is 5.92 Å². The molecular formula is C12H19N3O2. The summed E-state index contributed by atoms with van der Waals surface area (Å²) in [5, 5.41) is 16.9. The Morgan fingerprint density at radius 2 is 2.41 bits per heavy atom. The number of aromatic amines is 1.